The molecular formula is C18H24N2O3. The number of nitrogens with one attached hydrogen (secondary N) is 1. The molecule has 0 bridgehead atoms. The summed E-state index contributed by atoms with van der Waals surface area (Å²) in [6.45, 7) is 0.612. The Bertz CT molecular complexity index is 581. The van der Waals surface area contributed by atoms with Gasteiger partial charge in [-0.25, -0.2) is 9.59 Å². The summed E-state index contributed by atoms with van der Waals surface area (Å²) >= 11 is 0. The van der Waals surface area contributed by atoms with E-state index in [1.54, 1.807) is 4.90 Å². The average Bonchev–Trinajstić information content (AvgIpc) is 2.99. The Kier molecular flexibility index (Phi) is 4.84. The molecule has 0 radical (unpaired) electrons. The number of amides is 2. The number of para-hydroxylation sites is 1. The number of rotatable bonds is 4. The van der Waals surface area contributed by atoms with Crippen LogP contribution in [0.25, 0.3) is 0 Å². The average molecular weight is 316 g/mol. The molecule has 2 aliphatic rings. The molecule has 1 aliphatic carbocycles. The van der Waals surface area contributed by atoms with Gasteiger partial charge in [0, 0.05) is 12.2 Å². The molecule has 1 aliphatic heterocycles. The lowest BCUT2D eigenvalue weighted by molar-refractivity contribution is -0.139. The molecule has 0 spiro atoms. The molecule has 0 aromatic heterocycles. The first-order valence-corrected chi connectivity index (χ1v) is 8.54. The molecule has 0 saturated heterocycles. The summed E-state index contributed by atoms with van der Waals surface area (Å²) in [5.41, 5.74) is 2.04. The molecule has 2 N–H and O–H groups in total. The SMILES string of the molecule is O=C(O)[C@H](CC1CCCCC1)NC(=O)N1CCc2ccccc21. The number of anilines is 1. The molecule has 1 aromatic carbocycles. The minimum atomic E-state index is -0.934. The first-order chi connectivity index (χ1) is 11.1. The van der Waals surface area contributed by atoms with Gasteiger partial charge in [0.2, 0.25) is 0 Å². The summed E-state index contributed by atoms with van der Waals surface area (Å²) in [7, 11) is 0. The van der Waals surface area contributed by atoms with Gasteiger partial charge in [-0.15, -0.1) is 0 Å². The van der Waals surface area contributed by atoms with Gasteiger partial charge in [-0.2, -0.15) is 0 Å². The molecule has 5 nitrogen and oxygen atoms in total. The zero-order valence-corrected chi connectivity index (χ0v) is 13.3. The van der Waals surface area contributed by atoms with Crippen LogP contribution in [0.3, 0.4) is 0 Å². The molecular weight excluding hydrogens is 292 g/mol. The van der Waals surface area contributed by atoms with Gasteiger partial charge in [0.15, 0.2) is 0 Å². The first-order valence-electron chi connectivity index (χ1n) is 8.54. The van der Waals surface area contributed by atoms with Crippen molar-refractivity contribution < 1.29 is 14.7 Å². The number of urea groups is 1. The number of hydrogen-bond donors (Lipinski definition) is 2. The van der Waals surface area contributed by atoms with Crippen LogP contribution in [0.15, 0.2) is 24.3 Å². The minimum absolute atomic E-state index is 0.293. The predicted molar refractivity (Wildman–Crippen MR) is 88.6 cm³/mol. The van der Waals surface area contributed by atoms with E-state index in [4.69, 9.17) is 0 Å². The molecule has 1 fully saturated rings. The summed E-state index contributed by atoms with van der Waals surface area (Å²) in [5.74, 6) is -0.521. The smallest absolute Gasteiger partial charge is 0.326 e. The summed E-state index contributed by atoms with van der Waals surface area (Å²) in [6, 6.07) is 6.71. The summed E-state index contributed by atoms with van der Waals surface area (Å²) < 4.78 is 0. The van der Waals surface area contributed by atoms with Crippen molar-refractivity contribution in [1.29, 1.82) is 0 Å². The fraction of sp³-hybridized carbons (Fsp3) is 0.556. The molecule has 23 heavy (non-hydrogen) atoms. The summed E-state index contributed by atoms with van der Waals surface area (Å²) in [4.78, 5) is 25.7. The van der Waals surface area contributed by atoms with Crippen molar-refractivity contribution in [2.75, 3.05) is 11.4 Å². The van der Waals surface area contributed by atoms with Gasteiger partial charge in [-0.1, -0.05) is 50.3 Å². The van der Waals surface area contributed by atoms with Crippen molar-refractivity contribution in [2.24, 2.45) is 5.92 Å². The van der Waals surface area contributed by atoms with E-state index >= 15 is 0 Å². The largest absolute Gasteiger partial charge is 0.480 e. The maximum Gasteiger partial charge on any atom is 0.326 e. The van der Waals surface area contributed by atoms with Crippen molar-refractivity contribution in [3.8, 4) is 0 Å². The molecule has 0 unspecified atom stereocenters. The van der Waals surface area contributed by atoms with E-state index in [0.29, 0.717) is 18.9 Å². The number of hydrogen-bond acceptors (Lipinski definition) is 2. The lowest BCUT2D eigenvalue weighted by Gasteiger charge is -2.26. The van der Waals surface area contributed by atoms with Crippen molar-refractivity contribution in [1.82, 2.24) is 5.32 Å². The summed E-state index contributed by atoms with van der Waals surface area (Å²) in [5, 5.41) is 12.2. The van der Waals surface area contributed by atoms with E-state index in [1.165, 1.54) is 19.3 Å². The maximum atomic E-state index is 12.5. The zero-order chi connectivity index (χ0) is 16.2. The molecule has 3 rings (SSSR count). The zero-order valence-electron chi connectivity index (χ0n) is 13.3. The number of fused-ring (bicyclic) bond motifs is 1. The highest BCUT2D eigenvalue weighted by molar-refractivity contribution is 5.96. The Morgan fingerprint density at radius 1 is 1.22 bits per heavy atom. The van der Waals surface area contributed by atoms with Crippen molar-refractivity contribution >= 4 is 17.7 Å². The second-order valence-electron chi connectivity index (χ2n) is 6.61. The standard InChI is InChI=1S/C18H24N2O3/c21-17(22)15(12-13-6-2-1-3-7-13)19-18(23)20-11-10-14-8-4-5-9-16(14)20/h4-5,8-9,13,15H,1-3,6-7,10-12H2,(H,19,23)(H,21,22)/t15-/m0/s1. The quantitative estimate of drug-likeness (QED) is 0.896. The highest BCUT2D eigenvalue weighted by Crippen LogP contribution is 2.29. The van der Waals surface area contributed by atoms with Crippen LogP contribution in [0, 0.1) is 5.92 Å². The number of benzene rings is 1. The van der Waals surface area contributed by atoms with E-state index in [1.807, 2.05) is 24.3 Å². The van der Waals surface area contributed by atoms with Crippen molar-refractivity contribution in [3.63, 3.8) is 0 Å². The van der Waals surface area contributed by atoms with E-state index in [0.717, 1.165) is 30.5 Å². The molecule has 1 atom stereocenters. The van der Waals surface area contributed by atoms with Gasteiger partial charge in [-0.3, -0.25) is 4.90 Å². The fourth-order valence-corrected chi connectivity index (χ4v) is 3.75. The van der Waals surface area contributed by atoms with Crippen LogP contribution in [0.5, 0.6) is 0 Å². The summed E-state index contributed by atoms with van der Waals surface area (Å²) in [6.07, 6.45) is 7.10. The number of aliphatic carboxylic acids is 1. The van der Waals surface area contributed by atoms with Gasteiger partial charge in [0.25, 0.3) is 0 Å². The van der Waals surface area contributed by atoms with Gasteiger partial charge < -0.3 is 10.4 Å². The minimum Gasteiger partial charge on any atom is -0.480 e. The van der Waals surface area contributed by atoms with Crippen molar-refractivity contribution in [3.05, 3.63) is 29.8 Å². The van der Waals surface area contributed by atoms with E-state index < -0.39 is 12.0 Å². The topological polar surface area (TPSA) is 69.6 Å². The second-order valence-corrected chi connectivity index (χ2v) is 6.61. The normalized spacial score (nSPS) is 19.2. The van der Waals surface area contributed by atoms with E-state index in [9.17, 15) is 14.7 Å². The Morgan fingerprint density at radius 2 is 1.96 bits per heavy atom. The van der Waals surface area contributed by atoms with E-state index in [2.05, 4.69) is 5.32 Å². The van der Waals surface area contributed by atoms with Gasteiger partial charge in [0.1, 0.15) is 6.04 Å². The number of carbonyl (C=O) groups is 2. The Morgan fingerprint density at radius 3 is 2.70 bits per heavy atom. The third kappa shape index (κ3) is 3.66. The number of carbonyl (C=O) groups excluding carboxylic acids is 1. The Hall–Kier alpha value is -2.04. The van der Waals surface area contributed by atoms with Gasteiger partial charge in [-0.05, 0) is 30.4 Å². The second kappa shape index (κ2) is 7.02. The molecule has 1 saturated carbocycles. The maximum absolute atomic E-state index is 12.5. The Balaban J connectivity index is 1.63. The monoisotopic (exact) mass is 316 g/mol. The third-order valence-electron chi connectivity index (χ3n) is 5.02. The number of nitrogens with zero attached hydrogens (tertiary/aromatic N) is 1. The number of carboxylic acids is 1. The lowest BCUT2D eigenvalue weighted by atomic mass is 9.85. The number of carboxylic acid groups (broad SMARTS) is 1. The first kappa shape index (κ1) is 15.8. The highest BCUT2D eigenvalue weighted by atomic mass is 16.4. The molecule has 1 heterocycles. The van der Waals surface area contributed by atoms with Crippen LogP contribution in [0.2, 0.25) is 0 Å². The lowest BCUT2D eigenvalue weighted by Crippen LogP contribution is -2.48. The van der Waals surface area contributed by atoms with Gasteiger partial charge >= 0.3 is 12.0 Å². The van der Waals surface area contributed by atoms with Crippen LogP contribution in [0.4, 0.5) is 10.5 Å². The molecule has 2 amide bonds. The Labute approximate surface area is 136 Å². The molecule has 1 aromatic rings. The van der Waals surface area contributed by atoms with Crippen LogP contribution >= 0.6 is 0 Å². The third-order valence-corrected chi connectivity index (χ3v) is 5.02. The van der Waals surface area contributed by atoms with Crippen LogP contribution in [0.1, 0.15) is 44.1 Å². The van der Waals surface area contributed by atoms with E-state index in [-0.39, 0.29) is 6.03 Å². The van der Waals surface area contributed by atoms with Gasteiger partial charge in [0.05, 0.1) is 0 Å². The molecule has 124 valence electrons. The highest BCUT2D eigenvalue weighted by Gasteiger charge is 2.30. The van der Waals surface area contributed by atoms with Crippen molar-refractivity contribution in [2.45, 2.75) is 51.0 Å². The predicted octanol–water partition coefficient (Wildman–Crippen LogP) is 3.18. The van der Waals surface area contributed by atoms with Crippen LogP contribution in [-0.2, 0) is 11.2 Å². The fourth-order valence-electron chi connectivity index (χ4n) is 3.75. The van der Waals surface area contributed by atoms with Crippen LogP contribution < -0.4 is 10.2 Å². The molecule has 5 heteroatoms. The van der Waals surface area contributed by atoms with Crippen LogP contribution in [-0.4, -0.2) is 29.7 Å².